The molecule has 0 bridgehead atoms. The lowest BCUT2D eigenvalue weighted by molar-refractivity contribution is -0.386. The lowest BCUT2D eigenvalue weighted by atomic mass is 9.84. The lowest BCUT2D eigenvalue weighted by Crippen LogP contribution is -2.17. The smallest absolute Gasteiger partial charge is 0.258 e. The number of nitro benzene ring substituents is 1. The molecule has 0 amide bonds. The van der Waals surface area contributed by atoms with Gasteiger partial charge in [-0.2, -0.15) is 13.2 Å². The first kappa shape index (κ1) is 14.0. The topological polar surface area (TPSA) is 43.1 Å². The standard InChI is InChI=1S/C12H10F3NO2/c1-4-11(2,3)9-6-5-8(12(13,14)15)7-10(9)16(17)18/h1,5-7H,2-3H3. The molecular formula is C12H10F3NO2. The molecule has 0 aliphatic heterocycles. The summed E-state index contributed by atoms with van der Waals surface area (Å²) in [5, 5.41) is 10.8. The zero-order valence-electron chi connectivity index (χ0n) is 9.71. The molecule has 96 valence electrons. The third-order valence-electron chi connectivity index (χ3n) is 2.56. The van der Waals surface area contributed by atoms with Crippen molar-refractivity contribution in [3.05, 3.63) is 39.4 Å². The molecule has 0 saturated carbocycles. The predicted molar refractivity (Wildman–Crippen MR) is 60.0 cm³/mol. The molecule has 1 aromatic rings. The number of hydrogen-bond donors (Lipinski definition) is 0. The molecule has 0 unspecified atom stereocenters. The van der Waals surface area contributed by atoms with E-state index in [1.807, 2.05) is 0 Å². The molecule has 3 nitrogen and oxygen atoms in total. The fraction of sp³-hybridized carbons (Fsp3) is 0.333. The number of nitrogens with zero attached hydrogens (tertiary/aromatic N) is 1. The average Bonchev–Trinajstić information content (AvgIpc) is 2.27. The molecule has 0 aromatic heterocycles. The maximum atomic E-state index is 12.5. The van der Waals surface area contributed by atoms with Gasteiger partial charge in [0.15, 0.2) is 0 Å². The van der Waals surface area contributed by atoms with E-state index in [9.17, 15) is 23.3 Å². The zero-order chi connectivity index (χ0) is 14.1. The van der Waals surface area contributed by atoms with E-state index >= 15 is 0 Å². The first-order valence-electron chi connectivity index (χ1n) is 4.93. The van der Waals surface area contributed by atoms with E-state index < -0.39 is 27.8 Å². The summed E-state index contributed by atoms with van der Waals surface area (Å²) in [5.74, 6) is 2.33. The van der Waals surface area contributed by atoms with Gasteiger partial charge in [-0.3, -0.25) is 10.1 Å². The summed E-state index contributed by atoms with van der Waals surface area (Å²) in [6.07, 6.45) is 0.615. The molecule has 18 heavy (non-hydrogen) atoms. The summed E-state index contributed by atoms with van der Waals surface area (Å²) in [5.41, 5.74) is -2.60. The molecule has 1 rings (SSSR count). The molecular weight excluding hydrogens is 247 g/mol. The zero-order valence-corrected chi connectivity index (χ0v) is 9.71. The number of terminal acetylenes is 1. The van der Waals surface area contributed by atoms with E-state index in [4.69, 9.17) is 6.42 Å². The Morgan fingerprint density at radius 1 is 1.33 bits per heavy atom. The lowest BCUT2D eigenvalue weighted by Gasteiger charge is -2.18. The Morgan fingerprint density at radius 3 is 2.28 bits per heavy atom. The van der Waals surface area contributed by atoms with Crippen LogP contribution in [0.1, 0.15) is 25.0 Å². The summed E-state index contributed by atoms with van der Waals surface area (Å²) < 4.78 is 37.4. The van der Waals surface area contributed by atoms with Crippen molar-refractivity contribution in [1.82, 2.24) is 0 Å². The first-order chi connectivity index (χ1) is 8.09. The van der Waals surface area contributed by atoms with Gasteiger partial charge in [0, 0.05) is 11.6 Å². The van der Waals surface area contributed by atoms with Crippen LogP contribution in [0.15, 0.2) is 18.2 Å². The Kier molecular flexibility index (Phi) is 3.38. The minimum atomic E-state index is -4.62. The van der Waals surface area contributed by atoms with Gasteiger partial charge in [0.1, 0.15) is 0 Å². The highest BCUT2D eigenvalue weighted by molar-refractivity contribution is 5.50. The van der Waals surface area contributed by atoms with Crippen LogP contribution in [0, 0.1) is 22.5 Å². The molecule has 0 spiro atoms. The van der Waals surface area contributed by atoms with E-state index in [1.54, 1.807) is 0 Å². The number of benzene rings is 1. The SMILES string of the molecule is C#CC(C)(C)c1ccc(C(F)(F)F)cc1[N+](=O)[O-]. The van der Waals surface area contributed by atoms with Gasteiger partial charge in [-0.25, -0.2) is 0 Å². The second kappa shape index (κ2) is 4.33. The normalized spacial score (nSPS) is 12.0. The summed E-state index contributed by atoms with van der Waals surface area (Å²) in [4.78, 5) is 9.98. The second-order valence-corrected chi connectivity index (χ2v) is 4.26. The van der Waals surface area contributed by atoms with Crippen molar-refractivity contribution >= 4 is 5.69 Å². The molecule has 0 radical (unpaired) electrons. The Morgan fingerprint density at radius 2 is 1.89 bits per heavy atom. The van der Waals surface area contributed by atoms with E-state index in [1.165, 1.54) is 13.8 Å². The molecule has 0 saturated heterocycles. The van der Waals surface area contributed by atoms with Gasteiger partial charge in [0.05, 0.1) is 15.9 Å². The minimum Gasteiger partial charge on any atom is -0.258 e. The largest absolute Gasteiger partial charge is 0.416 e. The van der Waals surface area contributed by atoms with Crippen LogP contribution in [0.4, 0.5) is 18.9 Å². The number of hydrogen-bond acceptors (Lipinski definition) is 2. The van der Waals surface area contributed by atoms with Crippen molar-refractivity contribution in [2.24, 2.45) is 0 Å². The predicted octanol–water partition coefficient (Wildman–Crippen LogP) is 3.52. The number of halogens is 3. The van der Waals surface area contributed by atoms with Crippen LogP contribution in [0.3, 0.4) is 0 Å². The number of rotatable bonds is 2. The summed E-state index contributed by atoms with van der Waals surface area (Å²) in [7, 11) is 0. The van der Waals surface area contributed by atoms with Crippen LogP contribution in [0.5, 0.6) is 0 Å². The molecule has 6 heteroatoms. The van der Waals surface area contributed by atoms with Gasteiger partial charge >= 0.3 is 6.18 Å². The van der Waals surface area contributed by atoms with Gasteiger partial charge in [0.25, 0.3) is 5.69 Å². The molecule has 0 N–H and O–H groups in total. The maximum Gasteiger partial charge on any atom is 0.416 e. The van der Waals surface area contributed by atoms with Gasteiger partial charge in [-0.05, 0) is 19.9 Å². The quantitative estimate of drug-likeness (QED) is 0.462. The average molecular weight is 257 g/mol. The van der Waals surface area contributed by atoms with Gasteiger partial charge in [-0.15, -0.1) is 6.42 Å². The van der Waals surface area contributed by atoms with Crippen molar-refractivity contribution in [2.75, 3.05) is 0 Å². The van der Waals surface area contributed by atoms with Crippen molar-refractivity contribution in [3.8, 4) is 12.3 Å². The fourth-order valence-corrected chi connectivity index (χ4v) is 1.47. The Balaban J connectivity index is 3.50. The van der Waals surface area contributed by atoms with E-state index in [0.29, 0.717) is 6.07 Å². The molecule has 0 aliphatic carbocycles. The monoisotopic (exact) mass is 257 g/mol. The summed E-state index contributed by atoms with van der Waals surface area (Å²) in [6, 6.07) is 2.36. The molecule has 1 aromatic carbocycles. The fourth-order valence-electron chi connectivity index (χ4n) is 1.47. The van der Waals surface area contributed by atoms with Gasteiger partial charge in [0.2, 0.25) is 0 Å². The number of nitro groups is 1. The highest BCUT2D eigenvalue weighted by Gasteiger charge is 2.35. The van der Waals surface area contributed by atoms with E-state index in [0.717, 1.165) is 12.1 Å². The van der Waals surface area contributed by atoms with Crippen LogP contribution >= 0.6 is 0 Å². The van der Waals surface area contributed by atoms with Gasteiger partial charge < -0.3 is 0 Å². The van der Waals surface area contributed by atoms with Crippen LogP contribution in [-0.4, -0.2) is 4.92 Å². The van der Waals surface area contributed by atoms with Crippen LogP contribution in [0.2, 0.25) is 0 Å². The Hall–Kier alpha value is -2.03. The van der Waals surface area contributed by atoms with Crippen molar-refractivity contribution in [3.63, 3.8) is 0 Å². The van der Waals surface area contributed by atoms with Gasteiger partial charge in [-0.1, -0.05) is 12.0 Å². The van der Waals surface area contributed by atoms with Crippen molar-refractivity contribution in [2.45, 2.75) is 25.4 Å². The molecule has 0 heterocycles. The van der Waals surface area contributed by atoms with E-state index in [-0.39, 0.29) is 5.56 Å². The number of alkyl halides is 3. The maximum absolute atomic E-state index is 12.5. The van der Waals surface area contributed by atoms with Crippen LogP contribution < -0.4 is 0 Å². The van der Waals surface area contributed by atoms with E-state index in [2.05, 4.69) is 5.92 Å². The Bertz CT molecular complexity index is 527. The second-order valence-electron chi connectivity index (χ2n) is 4.26. The molecule has 0 fully saturated rings. The van der Waals surface area contributed by atoms with Crippen molar-refractivity contribution < 1.29 is 18.1 Å². The molecule has 0 aliphatic rings. The highest BCUT2D eigenvalue weighted by Crippen LogP contribution is 2.37. The first-order valence-corrected chi connectivity index (χ1v) is 4.93. The minimum absolute atomic E-state index is 0.0861. The summed E-state index contributed by atoms with van der Waals surface area (Å²) in [6.45, 7) is 3.06. The highest BCUT2D eigenvalue weighted by atomic mass is 19.4. The van der Waals surface area contributed by atoms with Crippen molar-refractivity contribution in [1.29, 1.82) is 0 Å². The third kappa shape index (κ3) is 2.62. The summed E-state index contributed by atoms with van der Waals surface area (Å²) >= 11 is 0. The van der Waals surface area contributed by atoms with Crippen LogP contribution in [-0.2, 0) is 11.6 Å². The van der Waals surface area contributed by atoms with Crippen LogP contribution in [0.25, 0.3) is 0 Å². The third-order valence-corrected chi connectivity index (χ3v) is 2.56. The Labute approximate surface area is 102 Å². The molecule has 0 atom stereocenters.